The van der Waals surface area contributed by atoms with Crippen LogP contribution in [0.15, 0.2) is 34.1 Å². The van der Waals surface area contributed by atoms with Crippen molar-refractivity contribution in [2.24, 2.45) is 11.1 Å². The maximum atomic E-state index is 12.2. The lowest BCUT2D eigenvalue weighted by Crippen LogP contribution is -2.29. The highest BCUT2D eigenvalue weighted by molar-refractivity contribution is 7.89. The minimum absolute atomic E-state index is 0.0326. The molecule has 6 nitrogen and oxygen atoms in total. The van der Waals surface area contributed by atoms with Crippen LogP contribution in [0, 0.1) is 5.92 Å². The van der Waals surface area contributed by atoms with Crippen LogP contribution in [0.2, 0.25) is 0 Å². The van der Waals surface area contributed by atoms with Gasteiger partial charge in [0.1, 0.15) is 0 Å². The molecule has 0 saturated heterocycles. The zero-order chi connectivity index (χ0) is 16.8. The topological polar surface area (TPSA) is 106 Å². The SMILES string of the molecule is CCCCC(CC)CNS(=O)(=O)c1ccc(S(N)(=O)=O)cc1. The molecule has 0 fully saturated rings. The second kappa shape index (κ2) is 8.05. The summed E-state index contributed by atoms with van der Waals surface area (Å²) in [4.78, 5) is -0.0777. The van der Waals surface area contributed by atoms with E-state index in [1.165, 1.54) is 24.3 Å². The quantitative estimate of drug-likeness (QED) is 0.710. The lowest BCUT2D eigenvalue weighted by molar-refractivity contribution is 0.443. The number of hydrogen-bond donors (Lipinski definition) is 2. The molecule has 0 spiro atoms. The molecule has 0 aliphatic carbocycles. The Hall–Kier alpha value is -0.960. The van der Waals surface area contributed by atoms with E-state index >= 15 is 0 Å². The van der Waals surface area contributed by atoms with Crippen molar-refractivity contribution in [3.63, 3.8) is 0 Å². The number of rotatable bonds is 9. The lowest BCUT2D eigenvalue weighted by atomic mass is 10.00. The van der Waals surface area contributed by atoms with E-state index in [0.29, 0.717) is 12.5 Å². The van der Waals surface area contributed by atoms with Crippen molar-refractivity contribution in [1.82, 2.24) is 4.72 Å². The summed E-state index contributed by atoms with van der Waals surface area (Å²) in [5, 5.41) is 4.99. The van der Waals surface area contributed by atoms with Gasteiger partial charge in [0.25, 0.3) is 0 Å². The van der Waals surface area contributed by atoms with Crippen molar-refractivity contribution in [3.8, 4) is 0 Å². The largest absolute Gasteiger partial charge is 0.240 e. The van der Waals surface area contributed by atoms with Crippen LogP contribution in [0.25, 0.3) is 0 Å². The van der Waals surface area contributed by atoms with Crippen molar-refractivity contribution < 1.29 is 16.8 Å². The first-order chi connectivity index (χ1) is 10.2. The van der Waals surface area contributed by atoms with E-state index in [9.17, 15) is 16.8 Å². The van der Waals surface area contributed by atoms with Crippen LogP contribution < -0.4 is 9.86 Å². The Morgan fingerprint density at radius 3 is 2.05 bits per heavy atom. The molecule has 0 aliphatic rings. The third-order valence-electron chi connectivity index (χ3n) is 3.57. The lowest BCUT2D eigenvalue weighted by Gasteiger charge is -2.15. The first kappa shape index (κ1) is 19.1. The normalized spacial score (nSPS) is 14.0. The Morgan fingerprint density at radius 2 is 1.59 bits per heavy atom. The van der Waals surface area contributed by atoms with E-state index in [4.69, 9.17) is 5.14 Å². The molecule has 0 saturated carbocycles. The van der Waals surface area contributed by atoms with Crippen molar-refractivity contribution >= 4 is 20.0 Å². The van der Waals surface area contributed by atoms with Crippen LogP contribution in [0.5, 0.6) is 0 Å². The molecular weight excluding hydrogens is 324 g/mol. The minimum atomic E-state index is -3.82. The van der Waals surface area contributed by atoms with E-state index in [2.05, 4.69) is 11.6 Å². The molecule has 0 aromatic heterocycles. The molecule has 0 aliphatic heterocycles. The summed E-state index contributed by atoms with van der Waals surface area (Å²) in [7, 11) is -7.46. The van der Waals surface area contributed by atoms with Crippen molar-refractivity contribution in [2.45, 2.75) is 49.3 Å². The molecule has 1 unspecified atom stereocenters. The molecule has 0 amide bonds. The number of primary sulfonamides is 1. The number of hydrogen-bond acceptors (Lipinski definition) is 4. The van der Waals surface area contributed by atoms with Gasteiger partial charge in [-0.3, -0.25) is 0 Å². The van der Waals surface area contributed by atoms with Gasteiger partial charge < -0.3 is 0 Å². The minimum Gasteiger partial charge on any atom is -0.225 e. The van der Waals surface area contributed by atoms with Gasteiger partial charge in [0.15, 0.2) is 0 Å². The van der Waals surface area contributed by atoms with Crippen LogP contribution in [0.1, 0.15) is 39.5 Å². The average Bonchev–Trinajstić information content (AvgIpc) is 2.46. The Balaban J connectivity index is 2.78. The van der Waals surface area contributed by atoms with E-state index in [1.807, 2.05) is 6.92 Å². The number of nitrogens with two attached hydrogens (primary N) is 1. The highest BCUT2D eigenvalue weighted by atomic mass is 32.2. The molecule has 1 aromatic carbocycles. The number of benzene rings is 1. The first-order valence-corrected chi connectivity index (χ1v) is 10.4. The summed E-state index contributed by atoms with van der Waals surface area (Å²) in [5.41, 5.74) is 0. The Kier molecular flexibility index (Phi) is 6.98. The standard InChI is InChI=1S/C14H24N2O4S2/c1-3-5-6-12(4-2)11-16-22(19,20)14-9-7-13(8-10-14)21(15,17)18/h7-10,12,16H,3-6,11H2,1-2H3,(H2,15,17,18). The molecule has 8 heteroatoms. The van der Waals surface area contributed by atoms with Gasteiger partial charge in [-0.25, -0.2) is 26.7 Å². The Morgan fingerprint density at radius 1 is 1.05 bits per heavy atom. The second-order valence-corrected chi connectivity index (χ2v) is 8.61. The summed E-state index contributed by atoms with van der Waals surface area (Å²) in [6.07, 6.45) is 4.05. The summed E-state index contributed by atoms with van der Waals surface area (Å²) in [6.45, 7) is 4.52. The first-order valence-electron chi connectivity index (χ1n) is 7.33. The maximum Gasteiger partial charge on any atom is 0.240 e. The monoisotopic (exact) mass is 348 g/mol. The molecule has 1 rings (SSSR count). The van der Waals surface area contributed by atoms with E-state index in [1.54, 1.807) is 0 Å². The molecule has 22 heavy (non-hydrogen) atoms. The smallest absolute Gasteiger partial charge is 0.225 e. The predicted molar refractivity (Wildman–Crippen MR) is 86.3 cm³/mol. The van der Waals surface area contributed by atoms with E-state index in [-0.39, 0.29) is 9.79 Å². The summed E-state index contributed by atoms with van der Waals surface area (Å²) in [6, 6.07) is 4.88. The fraction of sp³-hybridized carbons (Fsp3) is 0.571. The highest BCUT2D eigenvalue weighted by Crippen LogP contribution is 2.15. The molecular formula is C14H24N2O4S2. The number of unbranched alkanes of at least 4 members (excludes halogenated alkanes) is 1. The van der Waals surface area contributed by atoms with Crippen molar-refractivity contribution in [1.29, 1.82) is 0 Å². The Labute approximate surface area is 133 Å². The number of sulfonamides is 2. The fourth-order valence-corrected chi connectivity index (χ4v) is 3.69. The molecule has 126 valence electrons. The average molecular weight is 348 g/mol. The zero-order valence-electron chi connectivity index (χ0n) is 12.9. The van der Waals surface area contributed by atoms with Crippen molar-refractivity contribution in [2.75, 3.05) is 6.54 Å². The van der Waals surface area contributed by atoms with Gasteiger partial charge in [-0.1, -0.05) is 33.1 Å². The van der Waals surface area contributed by atoms with Crippen LogP contribution in [0.4, 0.5) is 0 Å². The molecule has 0 heterocycles. The van der Waals surface area contributed by atoms with Gasteiger partial charge in [-0.15, -0.1) is 0 Å². The van der Waals surface area contributed by atoms with Gasteiger partial charge in [-0.05, 0) is 36.6 Å². The highest BCUT2D eigenvalue weighted by Gasteiger charge is 2.17. The summed E-state index contributed by atoms with van der Waals surface area (Å²) >= 11 is 0. The van der Waals surface area contributed by atoms with Crippen LogP contribution in [0.3, 0.4) is 0 Å². The molecule has 1 aromatic rings. The molecule has 0 bridgehead atoms. The van der Waals surface area contributed by atoms with Gasteiger partial charge in [0.05, 0.1) is 9.79 Å². The summed E-state index contributed by atoms with van der Waals surface area (Å²) in [5.74, 6) is 0.304. The van der Waals surface area contributed by atoms with Crippen LogP contribution >= 0.6 is 0 Å². The van der Waals surface area contributed by atoms with Gasteiger partial charge in [0.2, 0.25) is 20.0 Å². The Bertz CT molecular complexity index is 667. The van der Waals surface area contributed by atoms with E-state index in [0.717, 1.165) is 25.7 Å². The van der Waals surface area contributed by atoms with E-state index < -0.39 is 20.0 Å². The fourth-order valence-electron chi connectivity index (χ4n) is 2.06. The second-order valence-electron chi connectivity index (χ2n) is 5.28. The van der Waals surface area contributed by atoms with Gasteiger partial charge >= 0.3 is 0 Å². The van der Waals surface area contributed by atoms with Crippen molar-refractivity contribution in [3.05, 3.63) is 24.3 Å². The van der Waals surface area contributed by atoms with Crippen LogP contribution in [-0.2, 0) is 20.0 Å². The van der Waals surface area contributed by atoms with Crippen LogP contribution in [-0.4, -0.2) is 23.4 Å². The van der Waals surface area contributed by atoms with Gasteiger partial charge in [0, 0.05) is 6.54 Å². The number of nitrogens with one attached hydrogen (secondary N) is 1. The third kappa shape index (κ3) is 5.68. The molecule has 0 radical (unpaired) electrons. The predicted octanol–water partition coefficient (Wildman–Crippen LogP) is 1.83. The maximum absolute atomic E-state index is 12.2. The molecule has 3 N–H and O–H groups in total. The molecule has 1 atom stereocenters. The summed E-state index contributed by atoms with van der Waals surface area (Å²) < 4.78 is 49.3. The van der Waals surface area contributed by atoms with Gasteiger partial charge in [-0.2, -0.15) is 0 Å². The third-order valence-corrected chi connectivity index (χ3v) is 5.94. The zero-order valence-corrected chi connectivity index (χ0v) is 14.6.